The number of hydrogen-bond donors (Lipinski definition) is 9. The highest BCUT2D eigenvalue weighted by molar-refractivity contribution is 7.86. The zero-order chi connectivity index (χ0) is 41.7. The molecule has 2 aromatic heterocycles. The molecule has 27 heteroatoms. The largest absolute Gasteiger partial charge is 0.505 e. The number of aromatic carboxylic acids is 2. The van der Waals surface area contributed by atoms with E-state index in [9.17, 15) is 65.2 Å². The number of piperazine rings is 1. The first-order chi connectivity index (χ1) is 26.6. The highest BCUT2D eigenvalue weighted by Gasteiger charge is 2.33. The van der Waals surface area contributed by atoms with Gasteiger partial charge in [-0.15, -0.1) is 5.11 Å². The van der Waals surface area contributed by atoms with Crippen molar-refractivity contribution in [2.75, 3.05) is 28.2 Å². The van der Waals surface area contributed by atoms with Crippen molar-refractivity contribution in [2.24, 2.45) is 10.2 Å². The Labute approximate surface area is 316 Å². The number of carboxylic acid groups (broad SMARTS) is 2. The minimum absolute atomic E-state index is 0.00261. The maximum Gasteiger partial charge on any atom is 0.352 e. The molecular formula is C30H27N11O14S2. The van der Waals surface area contributed by atoms with Crippen molar-refractivity contribution in [3.8, 4) is 5.75 Å². The van der Waals surface area contributed by atoms with Gasteiger partial charge in [0.05, 0.1) is 27.4 Å². The number of aromatic nitrogens is 6. The van der Waals surface area contributed by atoms with Gasteiger partial charge in [0.15, 0.2) is 5.75 Å². The van der Waals surface area contributed by atoms with Gasteiger partial charge in [0.2, 0.25) is 17.8 Å². The van der Waals surface area contributed by atoms with Crippen LogP contribution in [0.1, 0.15) is 34.6 Å². The van der Waals surface area contributed by atoms with E-state index in [-0.39, 0.29) is 25.0 Å². The van der Waals surface area contributed by atoms with Crippen molar-refractivity contribution < 1.29 is 50.8 Å². The Morgan fingerprint density at radius 1 is 0.789 bits per heavy atom. The van der Waals surface area contributed by atoms with Crippen LogP contribution in [-0.4, -0.2) is 108 Å². The van der Waals surface area contributed by atoms with Crippen LogP contribution in [0, 0.1) is 0 Å². The molecule has 0 aliphatic carbocycles. The first-order valence-corrected chi connectivity index (χ1v) is 18.8. The molecule has 298 valence electrons. The minimum Gasteiger partial charge on any atom is -0.505 e. The lowest BCUT2D eigenvalue weighted by Crippen LogP contribution is -2.58. The second kappa shape index (κ2) is 14.5. The summed E-state index contributed by atoms with van der Waals surface area (Å²) in [6.45, 7) is 3.70. The van der Waals surface area contributed by atoms with E-state index in [1.165, 1.54) is 0 Å². The molecule has 0 spiro atoms. The molecule has 0 radical (unpaired) electrons. The number of nitrogens with zero attached hydrogens (tertiary/aromatic N) is 7. The number of H-pyrrole nitrogens is 3. The predicted molar refractivity (Wildman–Crippen MR) is 195 cm³/mol. The third-order valence-electron chi connectivity index (χ3n) is 8.44. The third-order valence-corrected chi connectivity index (χ3v) is 10.1. The lowest BCUT2D eigenvalue weighted by molar-refractivity contribution is 0.0696. The van der Waals surface area contributed by atoms with Gasteiger partial charge in [-0.2, -0.15) is 36.9 Å². The number of carbonyl (C=O) groups is 2. The summed E-state index contributed by atoms with van der Waals surface area (Å²) in [4.78, 5) is 79.7. The molecule has 6 rings (SSSR count). The number of phenols is 1. The van der Waals surface area contributed by atoms with E-state index in [1.807, 2.05) is 4.98 Å². The molecule has 2 unspecified atom stereocenters. The second-order valence-electron chi connectivity index (χ2n) is 12.4. The average molecular weight is 830 g/mol. The standard InChI is InChI=1S/C30H27N11O14S2/c1-11-10-41(27-35-29(48)37-30(49)36-27)12(2)9-40(11)26-32-25(33-28(47)34-26)31-18-8-17(56(50,51)52)6-13-7-19(57(53,54)55)21(22(42)20(13)18)39-38-16-4-14(23(43)44)3-15(5-16)24(45)46/h3-8,11-12,42H,9-10H2,1-2H3,(H,43,44)(H,45,46)(H,50,51,52)(H,53,54,55)(H2,31,32,33,34,47)(H2,35,36,37,48,49). The van der Waals surface area contributed by atoms with Gasteiger partial charge in [-0.3, -0.25) is 24.1 Å². The first-order valence-electron chi connectivity index (χ1n) is 15.9. The lowest BCUT2D eigenvalue weighted by Gasteiger charge is -2.44. The van der Waals surface area contributed by atoms with E-state index >= 15 is 0 Å². The SMILES string of the molecule is CC1CN(c2nc(=O)[nH]c(=O)[nH]2)C(C)CN1c1nc(Nc2cc(S(=O)(=O)O)cc3cc(S(=O)(=O)O)c(N=Nc4cc(C(=O)O)cc(C(=O)O)c4)c(O)c23)[nH]c(=O)n1. The molecule has 1 aliphatic rings. The lowest BCUT2D eigenvalue weighted by atomic mass is 10.1. The van der Waals surface area contributed by atoms with Crippen molar-refractivity contribution in [2.45, 2.75) is 35.7 Å². The molecule has 0 amide bonds. The van der Waals surface area contributed by atoms with Crippen LogP contribution in [0.2, 0.25) is 0 Å². The quantitative estimate of drug-likeness (QED) is 0.0698. The number of anilines is 4. The second-order valence-corrected chi connectivity index (χ2v) is 15.2. The smallest absolute Gasteiger partial charge is 0.352 e. The van der Waals surface area contributed by atoms with Gasteiger partial charge in [-0.25, -0.2) is 24.0 Å². The molecule has 1 fully saturated rings. The number of azo groups is 1. The van der Waals surface area contributed by atoms with Crippen LogP contribution < -0.4 is 32.2 Å². The number of phenolic OH excluding ortho intramolecular Hbond substituents is 1. The Kier molecular flexibility index (Phi) is 10.1. The van der Waals surface area contributed by atoms with Crippen LogP contribution in [0.5, 0.6) is 5.75 Å². The number of aromatic hydroxyl groups is 1. The molecule has 3 aromatic carbocycles. The number of nitrogens with one attached hydrogen (secondary N) is 4. The van der Waals surface area contributed by atoms with Crippen LogP contribution in [0.4, 0.5) is 34.9 Å². The predicted octanol–water partition coefficient (Wildman–Crippen LogP) is 0.948. The van der Waals surface area contributed by atoms with Gasteiger partial charge in [-0.05, 0) is 55.6 Å². The van der Waals surface area contributed by atoms with E-state index in [2.05, 4.69) is 40.5 Å². The highest BCUT2D eigenvalue weighted by atomic mass is 32.2. The van der Waals surface area contributed by atoms with Gasteiger partial charge in [0.25, 0.3) is 20.2 Å². The molecule has 1 saturated heterocycles. The van der Waals surface area contributed by atoms with E-state index in [0.29, 0.717) is 6.07 Å². The van der Waals surface area contributed by atoms with Crippen LogP contribution in [0.25, 0.3) is 10.8 Å². The summed E-state index contributed by atoms with van der Waals surface area (Å²) >= 11 is 0. The van der Waals surface area contributed by atoms with Crippen molar-refractivity contribution >= 4 is 77.9 Å². The molecule has 3 heterocycles. The highest BCUT2D eigenvalue weighted by Crippen LogP contribution is 2.45. The number of rotatable bonds is 10. The van der Waals surface area contributed by atoms with E-state index in [0.717, 1.165) is 30.3 Å². The molecule has 9 N–H and O–H groups in total. The minimum atomic E-state index is -5.32. The van der Waals surface area contributed by atoms with Crippen molar-refractivity contribution in [3.63, 3.8) is 0 Å². The van der Waals surface area contributed by atoms with E-state index in [4.69, 9.17) is 0 Å². The topological polar surface area (TPSA) is 384 Å². The zero-order valence-electron chi connectivity index (χ0n) is 28.9. The van der Waals surface area contributed by atoms with Crippen LogP contribution in [0.3, 0.4) is 0 Å². The summed E-state index contributed by atoms with van der Waals surface area (Å²) in [6, 6.07) is 3.78. The summed E-state index contributed by atoms with van der Waals surface area (Å²) in [5, 5.41) is 39.4. The summed E-state index contributed by atoms with van der Waals surface area (Å²) < 4.78 is 69.7. The molecule has 0 bridgehead atoms. The molecule has 1 aliphatic heterocycles. The normalized spacial score (nSPS) is 16.3. The molecule has 5 aromatic rings. The summed E-state index contributed by atoms with van der Waals surface area (Å²) in [6.07, 6.45) is 0. The van der Waals surface area contributed by atoms with Gasteiger partial charge in [-0.1, -0.05) is 0 Å². The maximum absolute atomic E-state index is 12.9. The summed E-state index contributed by atoms with van der Waals surface area (Å²) in [7, 11) is -10.4. The van der Waals surface area contributed by atoms with Crippen LogP contribution in [0.15, 0.2) is 70.8 Å². The Morgan fingerprint density at radius 2 is 1.40 bits per heavy atom. The number of fused-ring (bicyclic) bond motifs is 1. The van der Waals surface area contributed by atoms with Crippen LogP contribution in [-0.2, 0) is 20.2 Å². The molecule has 25 nitrogen and oxygen atoms in total. The molecular weight excluding hydrogens is 803 g/mol. The van der Waals surface area contributed by atoms with Crippen molar-refractivity contribution in [1.29, 1.82) is 0 Å². The average Bonchev–Trinajstić information content (AvgIpc) is 3.10. The Bertz CT molecular complexity index is 2890. The van der Waals surface area contributed by atoms with Gasteiger partial charge >= 0.3 is 29.0 Å². The maximum atomic E-state index is 12.9. The Morgan fingerprint density at radius 3 is 2.00 bits per heavy atom. The molecule has 0 saturated carbocycles. The van der Waals surface area contributed by atoms with Gasteiger partial charge < -0.3 is 30.4 Å². The van der Waals surface area contributed by atoms with Crippen molar-refractivity contribution in [3.05, 3.63) is 79.0 Å². The van der Waals surface area contributed by atoms with E-state index < -0.39 is 122 Å². The fourth-order valence-electron chi connectivity index (χ4n) is 5.93. The zero-order valence-corrected chi connectivity index (χ0v) is 30.5. The first kappa shape index (κ1) is 39.6. The number of benzene rings is 3. The fourth-order valence-corrected chi connectivity index (χ4v) is 7.13. The third kappa shape index (κ3) is 8.29. The summed E-state index contributed by atoms with van der Waals surface area (Å²) in [5.41, 5.74) is -5.59. The van der Waals surface area contributed by atoms with Gasteiger partial charge in [0.1, 0.15) is 10.6 Å². The van der Waals surface area contributed by atoms with Crippen molar-refractivity contribution in [1.82, 2.24) is 29.9 Å². The number of aromatic amines is 3. The number of hydrogen-bond acceptors (Lipinski definition) is 18. The fraction of sp³-hybridized carbons (Fsp3) is 0.200. The Balaban J connectivity index is 1.46. The molecule has 57 heavy (non-hydrogen) atoms. The van der Waals surface area contributed by atoms with Crippen LogP contribution >= 0.6 is 0 Å². The summed E-state index contributed by atoms with van der Waals surface area (Å²) in [5.74, 6) is -4.79. The Hall–Kier alpha value is -7.10. The molecule has 2 atom stereocenters. The van der Waals surface area contributed by atoms with E-state index in [1.54, 1.807) is 23.6 Å². The van der Waals surface area contributed by atoms with Gasteiger partial charge in [0, 0.05) is 30.6 Å². The monoisotopic (exact) mass is 829 g/mol. The number of carboxylic acids is 2.